The number of rotatable bonds is 6. The SMILES string of the molecule is COc1ccccc1NC(=O)C1CCN(S(=O)(=O)c2cc(Cl)ccc2OC)CC1. The highest BCUT2D eigenvalue weighted by molar-refractivity contribution is 7.89. The molecule has 1 N–H and O–H groups in total. The van der Waals surface area contributed by atoms with Crippen LogP contribution < -0.4 is 14.8 Å². The van der Waals surface area contributed by atoms with Crippen LogP contribution in [0.3, 0.4) is 0 Å². The first kappa shape index (κ1) is 21.4. The van der Waals surface area contributed by atoms with Gasteiger partial charge in [0.1, 0.15) is 16.4 Å². The molecule has 3 rings (SSSR count). The van der Waals surface area contributed by atoms with Gasteiger partial charge in [0.2, 0.25) is 15.9 Å². The van der Waals surface area contributed by atoms with E-state index >= 15 is 0 Å². The van der Waals surface area contributed by atoms with Crippen molar-refractivity contribution in [3.8, 4) is 11.5 Å². The van der Waals surface area contributed by atoms with E-state index < -0.39 is 10.0 Å². The monoisotopic (exact) mass is 438 g/mol. The lowest BCUT2D eigenvalue weighted by Crippen LogP contribution is -2.41. The number of sulfonamides is 1. The lowest BCUT2D eigenvalue weighted by atomic mass is 9.97. The van der Waals surface area contributed by atoms with E-state index in [1.807, 2.05) is 12.1 Å². The summed E-state index contributed by atoms with van der Waals surface area (Å²) in [7, 11) is -0.820. The molecular formula is C20H23ClN2O5S. The van der Waals surface area contributed by atoms with Crippen LogP contribution in [0.1, 0.15) is 12.8 Å². The lowest BCUT2D eigenvalue weighted by molar-refractivity contribution is -0.120. The molecule has 0 aliphatic carbocycles. The lowest BCUT2D eigenvalue weighted by Gasteiger charge is -2.31. The molecule has 156 valence electrons. The normalized spacial score (nSPS) is 15.7. The Balaban J connectivity index is 1.68. The number of nitrogens with one attached hydrogen (secondary N) is 1. The zero-order valence-electron chi connectivity index (χ0n) is 16.2. The first-order valence-electron chi connectivity index (χ1n) is 9.14. The second-order valence-corrected chi connectivity index (χ2v) is 9.01. The number of para-hydroxylation sites is 2. The Hall–Kier alpha value is -2.29. The number of carbonyl (C=O) groups is 1. The van der Waals surface area contributed by atoms with E-state index in [2.05, 4.69) is 5.32 Å². The number of amides is 1. The molecular weight excluding hydrogens is 416 g/mol. The molecule has 0 unspecified atom stereocenters. The summed E-state index contributed by atoms with van der Waals surface area (Å²) >= 11 is 5.98. The van der Waals surface area contributed by atoms with Crippen molar-refractivity contribution in [3.63, 3.8) is 0 Å². The van der Waals surface area contributed by atoms with Gasteiger partial charge < -0.3 is 14.8 Å². The maximum atomic E-state index is 13.0. The summed E-state index contributed by atoms with van der Waals surface area (Å²) in [6.07, 6.45) is 0.839. The third-order valence-electron chi connectivity index (χ3n) is 4.93. The molecule has 0 bridgehead atoms. The second kappa shape index (κ2) is 9.02. The zero-order chi connectivity index (χ0) is 21.0. The molecule has 1 saturated heterocycles. The number of nitrogens with zero attached hydrogens (tertiary/aromatic N) is 1. The molecule has 1 amide bonds. The summed E-state index contributed by atoms with van der Waals surface area (Å²) in [5, 5.41) is 3.19. The third-order valence-corrected chi connectivity index (χ3v) is 7.09. The molecule has 0 spiro atoms. The van der Waals surface area contributed by atoms with Gasteiger partial charge in [-0.05, 0) is 43.2 Å². The summed E-state index contributed by atoms with van der Waals surface area (Å²) in [5.74, 6) is 0.388. The number of carbonyl (C=O) groups excluding carboxylic acids is 1. The maximum absolute atomic E-state index is 13.0. The van der Waals surface area contributed by atoms with E-state index in [1.54, 1.807) is 25.3 Å². The number of methoxy groups -OCH3 is 2. The Morgan fingerprint density at radius 2 is 1.72 bits per heavy atom. The summed E-state index contributed by atoms with van der Waals surface area (Å²) in [5.41, 5.74) is 0.596. The largest absolute Gasteiger partial charge is 0.495 e. The van der Waals surface area contributed by atoms with Crippen molar-refractivity contribution in [1.29, 1.82) is 0 Å². The van der Waals surface area contributed by atoms with Crippen LogP contribution in [0.2, 0.25) is 5.02 Å². The molecule has 2 aromatic carbocycles. The van der Waals surface area contributed by atoms with Gasteiger partial charge in [-0.1, -0.05) is 23.7 Å². The Bertz CT molecular complexity index is 988. The van der Waals surface area contributed by atoms with E-state index in [-0.39, 0.29) is 35.6 Å². The number of anilines is 1. The fourth-order valence-electron chi connectivity index (χ4n) is 3.33. The number of hydrogen-bond donors (Lipinski definition) is 1. The van der Waals surface area contributed by atoms with Crippen LogP contribution in [0, 0.1) is 5.92 Å². The fraction of sp³-hybridized carbons (Fsp3) is 0.350. The number of piperidine rings is 1. The van der Waals surface area contributed by atoms with Gasteiger partial charge in [0, 0.05) is 24.0 Å². The van der Waals surface area contributed by atoms with Gasteiger partial charge in [-0.15, -0.1) is 0 Å². The molecule has 1 fully saturated rings. The average Bonchev–Trinajstić information content (AvgIpc) is 2.74. The molecule has 29 heavy (non-hydrogen) atoms. The molecule has 0 radical (unpaired) electrons. The Morgan fingerprint density at radius 3 is 2.38 bits per heavy atom. The van der Waals surface area contributed by atoms with E-state index in [0.29, 0.717) is 29.3 Å². The third kappa shape index (κ3) is 4.66. The van der Waals surface area contributed by atoms with Crippen molar-refractivity contribution in [3.05, 3.63) is 47.5 Å². The van der Waals surface area contributed by atoms with E-state index in [0.717, 1.165) is 0 Å². The van der Waals surface area contributed by atoms with Crippen LogP contribution in [0.4, 0.5) is 5.69 Å². The summed E-state index contributed by atoms with van der Waals surface area (Å²) < 4.78 is 37.9. The summed E-state index contributed by atoms with van der Waals surface area (Å²) in [6, 6.07) is 11.7. The molecule has 0 saturated carbocycles. The Kier molecular flexibility index (Phi) is 6.66. The van der Waals surface area contributed by atoms with Crippen LogP contribution in [-0.4, -0.2) is 45.9 Å². The van der Waals surface area contributed by atoms with Crippen molar-refractivity contribution in [2.24, 2.45) is 5.92 Å². The highest BCUT2D eigenvalue weighted by atomic mass is 35.5. The molecule has 7 nitrogen and oxygen atoms in total. The van der Waals surface area contributed by atoms with E-state index in [1.165, 1.54) is 23.5 Å². The van der Waals surface area contributed by atoms with Gasteiger partial charge in [-0.2, -0.15) is 4.31 Å². The second-order valence-electron chi connectivity index (χ2n) is 6.66. The van der Waals surface area contributed by atoms with Crippen molar-refractivity contribution >= 4 is 33.2 Å². The molecule has 0 aromatic heterocycles. The van der Waals surface area contributed by atoms with Gasteiger partial charge in [0.15, 0.2) is 0 Å². The average molecular weight is 439 g/mol. The molecule has 1 aliphatic heterocycles. The summed E-state index contributed by atoms with van der Waals surface area (Å²) in [4.78, 5) is 12.7. The number of benzene rings is 2. The van der Waals surface area contributed by atoms with Crippen LogP contribution >= 0.6 is 11.6 Å². The van der Waals surface area contributed by atoms with Crippen molar-refractivity contribution < 1.29 is 22.7 Å². The van der Waals surface area contributed by atoms with Gasteiger partial charge in [-0.25, -0.2) is 8.42 Å². The van der Waals surface area contributed by atoms with Crippen LogP contribution in [0.25, 0.3) is 0 Å². The first-order valence-corrected chi connectivity index (χ1v) is 11.0. The Morgan fingerprint density at radius 1 is 1.07 bits per heavy atom. The first-order chi connectivity index (χ1) is 13.9. The highest BCUT2D eigenvalue weighted by Gasteiger charge is 2.34. The van der Waals surface area contributed by atoms with Gasteiger partial charge >= 0.3 is 0 Å². The molecule has 0 atom stereocenters. The number of halogens is 1. The minimum atomic E-state index is -3.77. The van der Waals surface area contributed by atoms with Gasteiger partial charge in [-0.3, -0.25) is 4.79 Å². The summed E-state index contributed by atoms with van der Waals surface area (Å²) in [6.45, 7) is 0.476. The molecule has 1 heterocycles. The fourth-order valence-corrected chi connectivity index (χ4v) is 5.22. The van der Waals surface area contributed by atoms with Crippen LogP contribution in [-0.2, 0) is 14.8 Å². The maximum Gasteiger partial charge on any atom is 0.246 e. The van der Waals surface area contributed by atoms with E-state index in [4.69, 9.17) is 21.1 Å². The molecule has 9 heteroatoms. The molecule has 2 aromatic rings. The topological polar surface area (TPSA) is 84.9 Å². The van der Waals surface area contributed by atoms with Gasteiger partial charge in [0.25, 0.3) is 0 Å². The zero-order valence-corrected chi connectivity index (χ0v) is 17.8. The predicted octanol–water partition coefficient (Wildman–Crippen LogP) is 3.40. The Labute approximate surface area is 175 Å². The van der Waals surface area contributed by atoms with Crippen molar-refractivity contribution in [2.75, 3.05) is 32.6 Å². The molecule has 1 aliphatic rings. The predicted molar refractivity (Wildman–Crippen MR) is 111 cm³/mol. The van der Waals surface area contributed by atoms with Crippen molar-refractivity contribution in [2.45, 2.75) is 17.7 Å². The van der Waals surface area contributed by atoms with E-state index in [9.17, 15) is 13.2 Å². The smallest absolute Gasteiger partial charge is 0.246 e. The number of hydrogen-bond acceptors (Lipinski definition) is 5. The minimum Gasteiger partial charge on any atom is -0.495 e. The van der Waals surface area contributed by atoms with Crippen LogP contribution in [0.5, 0.6) is 11.5 Å². The number of ether oxygens (including phenoxy) is 2. The van der Waals surface area contributed by atoms with Crippen molar-refractivity contribution in [1.82, 2.24) is 4.31 Å². The van der Waals surface area contributed by atoms with Gasteiger partial charge in [0.05, 0.1) is 19.9 Å². The quantitative estimate of drug-likeness (QED) is 0.747. The minimum absolute atomic E-state index is 0.0319. The highest BCUT2D eigenvalue weighted by Crippen LogP contribution is 2.32. The standard InChI is InChI=1S/C20H23ClN2O5S/c1-27-17-6-4-3-5-16(17)22-20(24)14-9-11-23(12-10-14)29(25,26)19-13-15(21)7-8-18(19)28-2/h3-8,13-14H,9-12H2,1-2H3,(H,22,24). The van der Waals surface area contributed by atoms with Crippen LogP contribution in [0.15, 0.2) is 47.4 Å².